The molecule has 1 saturated carbocycles. The number of hydrogen-bond acceptors (Lipinski definition) is 3. The molecule has 0 unspecified atom stereocenters. The summed E-state index contributed by atoms with van der Waals surface area (Å²) in [6.07, 6.45) is 0.847. The molecule has 1 N–H and O–H groups in total. The van der Waals surface area contributed by atoms with E-state index in [9.17, 15) is 9.90 Å². The van der Waals surface area contributed by atoms with E-state index in [4.69, 9.17) is 4.74 Å². The molecule has 0 radical (unpaired) electrons. The van der Waals surface area contributed by atoms with Crippen molar-refractivity contribution in [1.29, 1.82) is 0 Å². The third kappa shape index (κ3) is 3.53. The molecule has 0 bridgehead atoms. The molecule has 4 heteroatoms. The lowest BCUT2D eigenvalue weighted by molar-refractivity contribution is -0.131. The van der Waals surface area contributed by atoms with Gasteiger partial charge in [-0.3, -0.25) is 4.79 Å². The molecule has 1 aliphatic rings. The Kier molecular flexibility index (Phi) is 4.74. The van der Waals surface area contributed by atoms with E-state index in [2.05, 4.69) is 0 Å². The van der Waals surface area contributed by atoms with Crippen LogP contribution >= 0.6 is 0 Å². The van der Waals surface area contributed by atoms with Gasteiger partial charge in [-0.1, -0.05) is 30.3 Å². The summed E-state index contributed by atoms with van der Waals surface area (Å²) >= 11 is 0. The van der Waals surface area contributed by atoms with Gasteiger partial charge < -0.3 is 14.7 Å². The summed E-state index contributed by atoms with van der Waals surface area (Å²) in [6, 6.07) is 15.0. The van der Waals surface area contributed by atoms with Crippen LogP contribution in [0.2, 0.25) is 0 Å². The molecule has 1 amide bonds. The Hall–Kier alpha value is -2.49. The fourth-order valence-corrected chi connectivity index (χ4v) is 3.14. The molecule has 0 saturated heterocycles. The highest BCUT2D eigenvalue weighted by Gasteiger charge is 2.45. The minimum absolute atomic E-state index is 0.0102. The number of carbonyl (C=O) groups is 1. The first-order valence-corrected chi connectivity index (χ1v) is 8.34. The van der Waals surface area contributed by atoms with Crippen molar-refractivity contribution in [3.63, 3.8) is 0 Å². The number of phenolic OH excluding ortho intramolecular Hbond substituents is 1. The van der Waals surface area contributed by atoms with E-state index < -0.39 is 0 Å². The van der Waals surface area contributed by atoms with E-state index in [1.54, 1.807) is 17.0 Å². The van der Waals surface area contributed by atoms with Crippen LogP contribution in [0.5, 0.6) is 11.5 Å². The monoisotopic (exact) mass is 325 g/mol. The number of rotatable bonds is 6. The Morgan fingerprint density at radius 3 is 2.79 bits per heavy atom. The van der Waals surface area contributed by atoms with E-state index in [-0.39, 0.29) is 23.5 Å². The van der Waals surface area contributed by atoms with Gasteiger partial charge in [0.15, 0.2) is 0 Å². The molecule has 0 spiro atoms. The van der Waals surface area contributed by atoms with Crippen LogP contribution < -0.4 is 4.74 Å². The van der Waals surface area contributed by atoms with Crippen molar-refractivity contribution in [2.45, 2.75) is 25.8 Å². The molecule has 1 fully saturated rings. The van der Waals surface area contributed by atoms with Gasteiger partial charge in [0.05, 0.1) is 6.61 Å². The Morgan fingerprint density at radius 2 is 2.04 bits per heavy atom. The van der Waals surface area contributed by atoms with Crippen molar-refractivity contribution in [1.82, 2.24) is 4.90 Å². The van der Waals surface area contributed by atoms with Gasteiger partial charge in [0, 0.05) is 25.1 Å². The lowest BCUT2D eigenvalue weighted by Crippen LogP contribution is -2.28. The number of aromatic hydroxyl groups is 1. The highest BCUT2D eigenvalue weighted by molar-refractivity contribution is 5.83. The summed E-state index contributed by atoms with van der Waals surface area (Å²) in [5.74, 6) is 1.46. The maximum absolute atomic E-state index is 12.7. The highest BCUT2D eigenvalue weighted by atomic mass is 16.5. The molecular weight excluding hydrogens is 302 g/mol. The number of para-hydroxylation sites is 1. The number of amides is 1. The van der Waals surface area contributed by atoms with Crippen LogP contribution in [0.3, 0.4) is 0 Å². The minimum Gasteiger partial charge on any atom is -0.508 e. The van der Waals surface area contributed by atoms with Crippen LogP contribution in [-0.4, -0.2) is 29.6 Å². The summed E-state index contributed by atoms with van der Waals surface area (Å²) in [6.45, 7) is 3.10. The highest BCUT2D eigenvalue weighted by Crippen LogP contribution is 2.49. The van der Waals surface area contributed by atoms with Crippen LogP contribution in [0.1, 0.15) is 30.4 Å². The van der Waals surface area contributed by atoms with Crippen LogP contribution in [0.4, 0.5) is 0 Å². The number of nitrogens with zero attached hydrogens (tertiary/aromatic N) is 1. The molecule has 3 rings (SSSR count). The summed E-state index contributed by atoms with van der Waals surface area (Å²) in [7, 11) is 1.84. The van der Waals surface area contributed by atoms with Crippen molar-refractivity contribution >= 4 is 5.91 Å². The van der Waals surface area contributed by atoms with Gasteiger partial charge in [0.1, 0.15) is 11.5 Å². The third-order valence-electron chi connectivity index (χ3n) is 4.46. The third-order valence-corrected chi connectivity index (χ3v) is 4.46. The average Bonchev–Trinajstić information content (AvgIpc) is 3.37. The summed E-state index contributed by atoms with van der Waals surface area (Å²) in [5.41, 5.74) is 2.06. The second kappa shape index (κ2) is 6.95. The lowest BCUT2D eigenvalue weighted by Gasteiger charge is -2.19. The van der Waals surface area contributed by atoms with Crippen LogP contribution in [-0.2, 0) is 11.3 Å². The molecule has 126 valence electrons. The van der Waals surface area contributed by atoms with Gasteiger partial charge in [-0.15, -0.1) is 0 Å². The predicted octanol–water partition coefficient (Wildman–Crippen LogP) is 3.55. The second-order valence-electron chi connectivity index (χ2n) is 6.28. The molecule has 0 aliphatic heterocycles. The first kappa shape index (κ1) is 16.4. The van der Waals surface area contributed by atoms with Gasteiger partial charge in [-0.05, 0) is 43.0 Å². The predicted molar refractivity (Wildman–Crippen MR) is 93.0 cm³/mol. The fourth-order valence-electron chi connectivity index (χ4n) is 3.14. The smallest absolute Gasteiger partial charge is 0.226 e. The van der Waals surface area contributed by atoms with Crippen molar-refractivity contribution in [2.24, 2.45) is 5.92 Å². The van der Waals surface area contributed by atoms with Gasteiger partial charge >= 0.3 is 0 Å². The molecule has 2 aromatic rings. The minimum atomic E-state index is 0.0102. The van der Waals surface area contributed by atoms with Crippen LogP contribution in [0.25, 0.3) is 0 Å². The van der Waals surface area contributed by atoms with Gasteiger partial charge in [-0.2, -0.15) is 0 Å². The molecule has 0 aromatic heterocycles. The topological polar surface area (TPSA) is 49.8 Å². The van der Waals surface area contributed by atoms with Crippen molar-refractivity contribution in [3.8, 4) is 11.5 Å². The number of carbonyl (C=O) groups excluding carboxylic acids is 1. The van der Waals surface area contributed by atoms with E-state index in [1.807, 2.05) is 50.4 Å². The zero-order valence-electron chi connectivity index (χ0n) is 14.1. The van der Waals surface area contributed by atoms with E-state index in [0.29, 0.717) is 13.2 Å². The Labute approximate surface area is 142 Å². The molecule has 24 heavy (non-hydrogen) atoms. The number of phenols is 1. The van der Waals surface area contributed by atoms with Gasteiger partial charge in [0.2, 0.25) is 5.91 Å². The standard InChI is InChI=1S/C20H23NO3/c1-3-24-19-10-5-4-7-15(19)13-21(2)20(23)18-12-17(18)14-8-6-9-16(22)11-14/h4-11,17-18,22H,3,12-13H2,1-2H3/t17-,18+/m0/s1. The Bertz CT molecular complexity index is 728. The van der Waals surface area contributed by atoms with Crippen LogP contribution in [0.15, 0.2) is 48.5 Å². The lowest BCUT2D eigenvalue weighted by atomic mass is 10.1. The first-order chi connectivity index (χ1) is 11.6. The van der Waals surface area contributed by atoms with Crippen molar-refractivity contribution in [3.05, 3.63) is 59.7 Å². The Morgan fingerprint density at radius 1 is 1.25 bits per heavy atom. The zero-order chi connectivity index (χ0) is 17.1. The normalized spacial score (nSPS) is 18.9. The van der Waals surface area contributed by atoms with Crippen LogP contribution in [0, 0.1) is 5.92 Å². The van der Waals surface area contributed by atoms with E-state index in [1.165, 1.54) is 0 Å². The zero-order valence-corrected chi connectivity index (χ0v) is 14.1. The average molecular weight is 325 g/mol. The second-order valence-corrected chi connectivity index (χ2v) is 6.28. The van der Waals surface area contributed by atoms with Crippen molar-refractivity contribution in [2.75, 3.05) is 13.7 Å². The molecule has 2 atom stereocenters. The van der Waals surface area contributed by atoms with Gasteiger partial charge in [-0.25, -0.2) is 0 Å². The maximum atomic E-state index is 12.7. The van der Waals surface area contributed by atoms with E-state index in [0.717, 1.165) is 23.3 Å². The fraction of sp³-hybridized carbons (Fsp3) is 0.350. The molecule has 1 aliphatic carbocycles. The summed E-state index contributed by atoms with van der Waals surface area (Å²) < 4.78 is 5.63. The summed E-state index contributed by atoms with van der Waals surface area (Å²) in [5, 5.41) is 9.59. The molecular formula is C20H23NO3. The number of benzene rings is 2. The van der Waals surface area contributed by atoms with Crippen molar-refractivity contribution < 1.29 is 14.6 Å². The van der Waals surface area contributed by atoms with Gasteiger partial charge in [0.25, 0.3) is 0 Å². The number of hydrogen-bond donors (Lipinski definition) is 1. The molecule has 4 nitrogen and oxygen atoms in total. The maximum Gasteiger partial charge on any atom is 0.226 e. The summed E-state index contributed by atoms with van der Waals surface area (Å²) in [4.78, 5) is 14.4. The number of ether oxygens (including phenoxy) is 1. The quantitative estimate of drug-likeness (QED) is 0.883. The SMILES string of the molecule is CCOc1ccccc1CN(C)C(=O)[C@@H]1C[C@H]1c1cccc(O)c1. The largest absolute Gasteiger partial charge is 0.508 e. The molecule has 0 heterocycles. The first-order valence-electron chi connectivity index (χ1n) is 8.34. The van der Waals surface area contributed by atoms with E-state index >= 15 is 0 Å². The molecule has 2 aromatic carbocycles. The Balaban J connectivity index is 1.64.